The Balaban J connectivity index is 2.72. The summed E-state index contributed by atoms with van der Waals surface area (Å²) in [7, 11) is 2.09. The second-order valence-corrected chi connectivity index (χ2v) is 4.95. The summed E-state index contributed by atoms with van der Waals surface area (Å²) in [5.74, 6) is -0.150. The first kappa shape index (κ1) is 15.1. The first-order valence-electron chi connectivity index (χ1n) is 6.76. The Labute approximate surface area is 110 Å². The zero-order valence-electron chi connectivity index (χ0n) is 11.7. The minimum Gasteiger partial charge on any atom is -0.329 e. The predicted molar refractivity (Wildman–Crippen MR) is 75.1 cm³/mol. The number of aryl methyl sites for hydroxylation is 1. The maximum Gasteiger partial charge on any atom is 0.126 e. The summed E-state index contributed by atoms with van der Waals surface area (Å²) in [4.78, 5) is 2.27. The van der Waals surface area contributed by atoms with Crippen LogP contribution in [0.15, 0.2) is 18.2 Å². The number of nitrogens with zero attached hydrogens (tertiary/aromatic N) is 1. The molecule has 1 rings (SSSR count). The van der Waals surface area contributed by atoms with Crippen molar-refractivity contribution in [3.8, 4) is 0 Å². The van der Waals surface area contributed by atoms with Gasteiger partial charge in [-0.1, -0.05) is 31.9 Å². The van der Waals surface area contributed by atoms with Crippen molar-refractivity contribution >= 4 is 0 Å². The molecule has 0 heterocycles. The van der Waals surface area contributed by atoms with E-state index in [0.717, 1.165) is 12.1 Å². The number of hydrogen-bond acceptors (Lipinski definition) is 2. The maximum atomic E-state index is 13.3. The fraction of sp³-hybridized carbons (Fsp3) is 0.600. The van der Waals surface area contributed by atoms with Gasteiger partial charge in [-0.15, -0.1) is 0 Å². The van der Waals surface area contributed by atoms with E-state index in [2.05, 4.69) is 18.9 Å². The molecule has 1 aromatic rings. The molecule has 1 atom stereocenters. The van der Waals surface area contributed by atoms with Crippen LogP contribution in [-0.4, -0.2) is 25.0 Å². The summed E-state index contributed by atoms with van der Waals surface area (Å²) in [6.07, 6.45) is 3.64. The molecule has 18 heavy (non-hydrogen) atoms. The van der Waals surface area contributed by atoms with Crippen molar-refractivity contribution in [3.63, 3.8) is 0 Å². The molecule has 102 valence electrons. The second kappa shape index (κ2) is 7.49. The van der Waals surface area contributed by atoms with Crippen LogP contribution >= 0.6 is 0 Å². The van der Waals surface area contributed by atoms with E-state index in [1.54, 1.807) is 6.92 Å². The van der Waals surface area contributed by atoms with Gasteiger partial charge < -0.3 is 5.73 Å². The minimum atomic E-state index is -0.150. The van der Waals surface area contributed by atoms with Crippen LogP contribution in [0.25, 0.3) is 0 Å². The third-order valence-corrected chi connectivity index (χ3v) is 3.44. The number of halogens is 1. The highest BCUT2D eigenvalue weighted by Crippen LogP contribution is 2.21. The Morgan fingerprint density at radius 1 is 1.33 bits per heavy atom. The third kappa shape index (κ3) is 4.07. The number of benzene rings is 1. The molecule has 0 aliphatic heterocycles. The van der Waals surface area contributed by atoms with E-state index < -0.39 is 0 Å². The molecule has 0 aliphatic carbocycles. The van der Waals surface area contributed by atoms with Crippen molar-refractivity contribution in [3.05, 3.63) is 35.1 Å². The number of unbranched alkanes of at least 4 members (excludes halogenated alkanes) is 2. The van der Waals surface area contributed by atoms with E-state index in [1.807, 2.05) is 12.1 Å². The van der Waals surface area contributed by atoms with Crippen LogP contribution in [-0.2, 0) is 0 Å². The first-order chi connectivity index (χ1) is 8.60. The smallest absolute Gasteiger partial charge is 0.126 e. The van der Waals surface area contributed by atoms with Gasteiger partial charge in [-0.25, -0.2) is 4.39 Å². The van der Waals surface area contributed by atoms with Crippen molar-refractivity contribution in [2.45, 2.75) is 39.2 Å². The van der Waals surface area contributed by atoms with Crippen LogP contribution in [0.1, 0.15) is 43.4 Å². The molecule has 1 unspecified atom stereocenters. The fourth-order valence-electron chi connectivity index (χ4n) is 2.21. The zero-order chi connectivity index (χ0) is 13.5. The normalized spacial score (nSPS) is 13.0. The molecule has 0 amide bonds. The van der Waals surface area contributed by atoms with Gasteiger partial charge in [-0.05, 0) is 44.1 Å². The number of likely N-dealkylation sites (N-methyl/N-ethyl adjacent to an activating group) is 1. The lowest BCUT2D eigenvalue weighted by molar-refractivity contribution is 0.245. The van der Waals surface area contributed by atoms with Gasteiger partial charge in [0.2, 0.25) is 0 Å². The molecular formula is C15H25FN2. The van der Waals surface area contributed by atoms with Crippen LogP contribution in [0.3, 0.4) is 0 Å². The number of nitrogens with two attached hydrogens (primary N) is 1. The van der Waals surface area contributed by atoms with Crippen LogP contribution in [0.5, 0.6) is 0 Å². The number of hydrogen-bond donors (Lipinski definition) is 1. The molecule has 1 aromatic carbocycles. The quantitative estimate of drug-likeness (QED) is 0.755. The highest BCUT2D eigenvalue weighted by Gasteiger charge is 2.15. The predicted octanol–water partition coefficient (Wildman–Crippen LogP) is 3.26. The molecule has 0 radical (unpaired) electrons. The molecule has 0 saturated carbocycles. The van der Waals surface area contributed by atoms with Gasteiger partial charge in [0.25, 0.3) is 0 Å². The fourth-order valence-corrected chi connectivity index (χ4v) is 2.21. The van der Waals surface area contributed by atoms with Crippen LogP contribution in [0.4, 0.5) is 4.39 Å². The molecule has 2 N–H and O–H groups in total. The van der Waals surface area contributed by atoms with Gasteiger partial charge in [0.15, 0.2) is 0 Å². The molecular weight excluding hydrogens is 227 g/mol. The van der Waals surface area contributed by atoms with Crippen LogP contribution in [0, 0.1) is 12.7 Å². The topological polar surface area (TPSA) is 29.3 Å². The lowest BCUT2D eigenvalue weighted by atomic mass is 10.0. The van der Waals surface area contributed by atoms with E-state index in [4.69, 9.17) is 5.73 Å². The molecule has 0 bridgehead atoms. The summed E-state index contributed by atoms with van der Waals surface area (Å²) >= 11 is 0. The first-order valence-corrected chi connectivity index (χ1v) is 6.76. The van der Waals surface area contributed by atoms with Crippen molar-refractivity contribution < 1.29 is 4.39 Å². The Morgan fingerprint density at radius 2 is 2.06 bits per heavy atom. The van der Waals surface area contributed by atoms with Gasteiger partial charge in [0, 0.05) is 12.6 Å². The van der Waals surface area contributed by atoms with Crippen molar-refractivity contribution in [1.82, 2.24) is 4.90 Å². The monoisotopic (exact) mass is 252 g/mol. The lowest BCUT2D eigenvalue weighted by Crippen LogP contribution is -2.31. The number of rotatable bonds is 7. The lowest BCUT2D eigenvalue weighted by Gasteiger charge is -2.27. The SMILES string of the molecule is CCCCCN(C)C(CN)c1ccc(F)c(C)c1. The molecule has 0 saturated heterocycles. The van der Waals surface area contributed by atoms with Gasteiger partial charge in [0.05, 0.1) is 0 Å². The van der Waals surface area contributed by atoms with Gasteiger partial charge in [-0.3, -0.25) is 4.90 Å². The molecule has 3 heteroatoms. The van der Waals surface area contributed by atoms with E-state index in [-0.39, 0.29) is 11.9 Å². The highest BCUT2D eigenvalue weighted by atomic mass is 19.1. The van der Waals surface area contributed by atoms with Gasteiger partial charge in [-0.2, -0.15) is 0 Å². The van der Waals surface area contributed by atoms with Crippen LogP contribution < -0.4 is 5.73 Å². The highest BCUT2D eigenvalue weighted by molar-refractivity contribution is 5.26. The Bertz CT molecular complexity index is 366. The van der Waals surface area contributed by atoms with E-state index in [0.29, 0.717) is 12.1 Å². The Hall–Kier alpha value is -0.930. The molecule has 0 fully saturated rings. The third-order valence-electron chi connectivity index (χ3n) is 3.44. The average Bonchev–Trinajstić information content (AvgIpc) is 2.35. The second-order valence-electron chi connectivity index (χ2n) is 4.95. The van der Waals surface area contributed by atoms with Crippen LogP contribution in [0.2, 0.25) is 0 Å². The van der Waals surface area contributed by atoms with E-state index >= 15 is 0 Å². The minimum absolute atomic E-state index is 0.150. The summed E-state index contributed by atoms with van der Waals surface area (Å²) in [5, 5.41) is 0. The average molecular weight is 252 g/mol. The largest absolute Gasteiger partial charge is 0.329 e. The summed E-state index contributed by atoms with van der Waals surface area (Å²) in [6, 6.07) is 5.47. The Kier molecular flexibility index (Phi) is 6.30. The summed E-state index contributed by atoms with van der Waals surface area (Å²) < 4.78 is 13.3. The summed E-state index contributed by atoms with van der Waals surface area (Å²) in [5.41, 5.74) is 7.66. The molecule has 0 spiro atoms. The van der Waals surface area contributed by atoms with Crippen molar-refractivity contribution in [1.29, 1.82) is 0 Å². The van der Waals surface area contributed by atoms with E-state index in [1.165, 1.54) is 25.3 Å². The molecule has 2 nitrogen and oxygen atoms in total. The molecule has 0 aromatic heterocycles. The summed E-state index contributed by atoms with van der Waals surface area (Å²) in [6.45, 7) is 5.59. The molecule has 0 aliphatic rings. The maximum absolute atomic E-state index is 13.3. The van der Waals surface area contributed by atoms with Crippen molar-refractivity contribution in [2.75, 3.05) is 20.1 Å². The van der Waals surface area contributed by atoms with Crippen molar-refractivity contribution in [2.24, 2.45) is 5.73 Å². The standard InChI is InChI=1S/C15H25FN2/c1-4-5-6-9-18(3)15(11-17)13-7-8-14(16)12(2)10-13/h7-8,10,15H,4-6,9,11,17H2,1-3H3. The van der Waals surface area contributed by atoms with Gasteiger partial charge in [0.1, 0.15) is 5.82 Å². The Morgan fingerprint density at radius 3 is 2.61 bits per heavy atom. The van der Waals surface area contributed by atoms with Gasteiger partial charge >= 0.3 is 0 Å². The van der Waals surface area contributed by atoms with E-state index in [9.17, 15) is 4.39 Å². The zero-order valence-corrected chi connectivity index (χ0v) is 11.7.